The van der Waals surface area contributed by atoms with Crippen molar-refractivity contribution in [2.75, 3.05) is 6.61 Å². The second-order valence-electron chi connectivity index (χ2n) is 4.63. The summed E-state index contributed by atoms with van der Waals surface area (Å²) in [5, 5.41) is 0. The molecule has 0 spiro atoms. The number of rotatable bonds is 5. The summed E-state index contributed by atoms with van der Waals surface area (Å²) in [5.41, 5.74) is 3.62. The van der Waals surface area contributed by atoms with Gasteiger partial charge in [-0.3, -0.25) is 0 Å². The van der Waals surface area contributed by atoms with Gasteiger partial charge in [-0.1, -0.05) is 30.4 Å². The van der Waals surface area contributed by atoms with Crippen LogP contribution in [0.25, 0.3) is 5.57 Å². The van der Waals surface area contributed by atoms with Crippen molar-refractivity contribution in [3.05, 3.63) is 60.2 Å². The fourth-order valence-corrected chi connectivity index (χ4v) is 1.90. The molecule has 2 aromatic rings. The van der Waals surface area contributed by atoms with Gasteiger partial charge < -0.3 is 9.30 Å². The molecule has 0 aliphatic carbocycles. The number of aromatic nitrogens is 2. The summed E-state index contributed by atoms with van der Waals surface area (Å²) in [6, 6.07) is 8.16. The molecule has 0 saturated heterocycles. The Balaban J connectivity index is 2.12. The minimum Gasteiger partial charge on any atom is -0.461 e. The first kappa shape index (κ1) is 14.1. The summed E-state index contributed by atoms with van der Waals surface area (Å²) < 4.78 is 6.78. The maximum atomic E-state index is 11.5. The number of carbonyl (C=O) groups excluding carboxylic acids is 1. The van der Waals surface area contributed by atoms with Crippen LogP contribution < -0.4 is 0 Å². The monoisotopic (exact) mass is 270 g/mol. The van der Waals surface area contributed by atoms with Crippen molar-refractivity contribution < 1.29 is 9.53 Å². The van der Waals surface area contributed by atoms with Crippen molar-refractivity contribution in [3.63, 3.8) is 0 Å². The highest BCUT2D eigenvalue weighted by atomic mass is 16.5. The van der Waals surface area contributed by atoms with Crippen LogP contribution >= 0.6 is 0 Å². The van der Waals surface area contributed by atoms with Crippen LogP contribution in [0.5, 0.6) is 0 Å². The van der Waals surface area contributed by atoms with E-state index in [0.29, 0.717) is 18.8 Å². The summed E-state index contributed by atoms with van der Waals surface area (Å²) in [7, 11) is 0. The maximum Gasteiger partial charge on any atom is 0.358 e. The molecule has 0 amide bonds. The van der Waals surface area contributed by atoms with Gasteiger partial charge in [-0.05, 0) is 31.0 Å². The zero-order valence-corrected chi connectivity index (χ0v) is 11.8. The van der Waals surface area contributed by atoms with Crippen LogP contribution in [0.1, 0.15) is 35.5 Å². The molecule has 0 aliphatic rings. The van der Waals surface area contributed by atoms with Gasteiger partial charge in [0.05, 0.1) is 12.9 Å². The minimum absolute atomic E-state index is 0.336. The van der Waals surface area contributed by atoms with Gasteiger partial charge in [-0.15, -0.1) is 0 Å². The molecule has 0 atom stereocenters. The number of carbonyl (C=O) groups is 1. The molecule has 0 fully saturated rings. The van der Waals surface area contributed by atoms with Gasteiger partial charge >= 0.3 is 5.97 Å². The van der Waals surface area contributed by atoms with Crippen LogP contribution in [0.3, 0.4) is 0 Å². The lowest BCUT2D eigenvalue weighted by Gasteiger charge is -2.05. The zero-order valence-electron chi connectivity index (χ0n) is 11.8. The molecule has 0 radical (unpaired) electrons. The largest absolute Gasteiger partial charge is 0.461 e. The van der Waals surface area contributed by atoms with Crippen LogP contribution in [0.2, 0.25) is 0 Å². The topological polar surface area (TPSA) is 44.1 Å². The maximum absolute atomic E-state index is 11.5. The predicted octanol–water partition coefficient (Wildman–Crippen LogP) is 3.14. The van der Waals surface area contributed by atoms with Crippen molar-refractivity contribution in [3.8, 4) is 0 Å². The Labute approximate surface area is 118 Å². The molecule has 0 saturated carbocycles. The van der Waals surface area contributed by atoms with E-state index in [1.165, 1.54) is 0 Å². The molecule has 0 aliphatic heterocycles. The molecule has 20 heavy (non-hydrogen) atoms. The molecule has 104 valence electrons. The van der Waals surface area contributed by atoms with Crippen LogP contribution in [0, 0.1) is 0 Å². The summed E-state index contributed by atoms with van der Waals surface area (Å²) >= 11 is 0. The van der Waals surface area contributed by atoms with Crippen molar-refractivity contribution in [2.45, 2.75) is 20.4 Å². The smallest absolute Gasteiger partial charge is 0.358 e. The number of imidazole rings is 1. The Bertz CT molecular complexity index is 629. The van der Waals surface area contributed by atoms with Crippen LogP contribution in [-0.2, 0) is 11.3 Å². The van der Waals surface area contributed by atoms with E-state index in [2.05, 4.69) is 17.6 Å². The van der Waals surface area contributed by atoms with Gasteiger partial charge in [0.1, 0.15) is 0 Å². The summed E-state index contributed by atoms with van der Waals surface area (Å²) in [6.07, 6.45) is 3.34. The van der Waals surface area contributed by atoms with E-state index in [0.717, 1.165) is 16.7 Å². The first-order chi connectivity index (χ1) is 9.60. The van der Waals surface area contributed by atoms with Crippen molar-refractivity contribution in [1.82, 2.24) is 9.55 Å². The van der Waals surface area contributed by atoms with E-state index in [1.807, 2.05) is 29.7 Å². The van der Waals surface area contributed by atoms with E-state index < -0.39 is 0 Å². The highest BCUT2D eigenvalue weighted by Gasteiger charge is 2.10. The zero-order chi connectivity index (χ0) is 14.5. The lowest BCUT2D eigenvalue weighted by Crippen LogP contribution is -2.05. The van der Waals surface area contributed by atoms with Gasteiger partial charge in [-0.2, -0.15) is 0 Å². The molecule has 1 heterocycles. The highest BCUT2D eigenvalue weighted by molar-refractivity contribution is 5.86. The Morgan fingerprint density at radius 1 is 1.45 bits per heavy atom. The van der Waals surface area contributed by atoms with Crippen molar-refractivity contribution >= 4 is 11.5 Å². The lowest BCUT2D eigenvalue weighted by atomic mass is 10.1. The standard InChI is InChI=1S/C16H18N2O2/c1-4-20-16(19)15-10-18(11-17-15)9-13-6-5-7-14(8-13)12(2)3/h5-8,10-11H,2,4,9H2,1,3H3. The van der Waals surface area contributed by atoms with Gasteiger partial charge in [0, 0.05) is 12.7 Å². The number of nitrogens with zero attached hydrogens (tertiary/aromatic N) is 2. The quantitative estimate of drug-likeness (QED) is 0.784. The number of hydrogen-bond acceptors (Lipinski definition) is 3. The number of esters is 1. The summed E-state index contributed by atoms with van der Waals surface area (Å²) in [5.74, 6) is -0.387. The Kier molecular flexibility index (Phi) is 4.35. The summed E-state index contributed by atoms with van der Waals surface area (Å²) in [6.45, 7) is 8.71. The second-order valence-corrected chi connectivity index (χ2v) is 4.63. The molecule has 0 bridgehead atoms. The first-order valence-corrected chi connectivity index (χ1v) is 6.54. The predicted molar refractivity (Wildman–Crippen MR) is 78.4 cm³/mol. The number of allylic oxidation sites excluding steroid dienone is 1. The molecular weight excluding hydrogens is 252 g/mol. The third-order valence-electron chi connectivity index (χ3n) is 2.90. The molecule has 1 aromatic heterocycles. The average molecular weight is 270 g/mol. The van der Waals surface area contributed by atoms with E-state index in [9.17, 15) is 4.79 Å². The van der Waals surface area contributed by atoms with E-state index in [4.69, 9.17) is 4.74 Å². The van der Waals surface area contributed by atoms with Gasteiger partial charge in [-0.25, -0.2) is 9.78 Å². The fourth-order valence-electron chi connectivity index (χ4n) is 1.90. The number of ether oxygens (including phenoxy) is 1. The molecule has 4 heteroatoms. The SMILES string of the molecule is C=C(C)c1cccc(Cn2cnc(C(=O)OCC)c2)c1. The molecule has 2 rings (SSSR count). The van der Waals surface area contributed by atoms with Gasteiger partial charge in [0.2, 0.25) is 0 Å². The van der Waals surface area contributed by atoms with Crippen molar-refractivity contribution in [2.24, 2.45) is 0 Å². The minimum atomic E-state index is -0.387. The molecule has 1 aromatic carbocycles. The number of hydrogen-bond donors (Lipinski definition) is 0. The molecule has 0 N–H and O–H groups in total. The summed E-state index contributed by atoms with van der Waals surface area (Å²) in [4.78, 5) is 15.6. The molecular formula is C16H18N2O2. The highest BCUT2D eigenvalue weighted by Crippen LogP contribution is 2.14. The average Bonchev–Trinajstić information content (AvgIpc) is 2.88. The Morgan fingerprint density at radius 3 is 2.95 bits per heavy atom. The van der Waals surface area contributed by atoms with Crippen molar-refractivity contribution in [1.29, 1.82) is 0 Å². The second kappa shape index (κ2) is 6.19. The van der Waals surface area contributed by atoms with Crippen LogP contribution in [0.4, 0.5) is 0 Å². The van der Waals surface area contributed by atoms with Gasteiger partial charge in [0.25, 0.3) is 0 Å². The van der Waals surface area contributed by atoms with E-state index in [1.54, 1.807) is 19.4 Å². The normalized spacial score (nSPS) is 10.3. The molecule has 0 unspecified atom stereocenters. The van der Waals surface area contributed by atoms with E-state index in [-0.39, 0.29) is 5.97 Å². The van der Waals surface area contributed by atoms with E-state index >= 15 is 0 Å². The van der Waals surface area contributed by atoms with Crippen LogP contribution in [0.15, 0.2) is 43.4 Å². The first-order valence-electron chi connectivity index (χ1n) is 6.54. The third-order valence-corrected chi connectivity index (χ3v) is 2.90. The third kappa shape index (κ3) is 3.35. The lowest BCUT2D eigenvalue weighted by molar-refractivity contribution is 0.0520. The van der Waals surface area contributed by atoms with Crippen LogP contribution in [-0.4, -0.2) is 22.1 Å². The molecule has 4 nitrogen and oxygen atoms in total. The fraction of sp³-hybridized carbons (Fsp3) is 0.250. The Hall–Kier alpha value is -2.36. The van der Waals surface area contributed by atoms with Gasteiger partial charge in [0.15, 0.2) is 5.69 Å². The number of benzene rings is 1. The Morgan fingerprint density at radius 2 is 2.25 bits per heavy atom.